The fourth-order valence-electron chi connectivity index (χ4n) is 4.54. The maximum absolute atomic E-state index is 13.1. The molecule has 32 heavy (non-hydrogen) atoms. The van der Waals surface area contributed by atoms with Gasteiger partial charge in [0.25, 0.3) is 5.91 Å². The minimum Gasteiger partial charge on any atom is -0.378 e. The summed E-state index contributed by atoms with van der Waals surface area (Å²) in [6, 6.07) is 6.09. The number of halogens is 1. The summed E-state index contributed by atoms with van der Waals surface area (Å²) in [6.07, 6.45) is 6.88. The van der Waals surface area contributed by atoms with Gasteiger partial charge in [0.1, 0.15) is 5.82 Å². The molecule has 1 aromatic heterocycles. The monoisotopic (exact) mass is 442 g/mol. The molecule has 2 fully saturated rings. The van der Waals surface area contributed by atoms with E-state index in [4.69, 9.17) is 4.74 Å². The van der Waals surface area contributed by atoms with Crippen LogP contribution in [0, 0.1) is 11.7 Å². The van der Waals surface area contributed by atoms with Crippen molar-refractivity contribution in [3.63, 3.8) is 0 Å². The number of ether oxygens (including phenoxy) is 1. The molecule has 1 atom stereocenters. The van der Waals surface area contributed by atoms with Crippen LogP contribution in [0.15, 0.2) is 30.5 Å². The van der Waals surface area contributed by atoms with Crippen LogP contribution in [0.5, 0.6) is 0 Å². The molecule has 0 radical (unpaired) electrons. The average Bonchev–Trinajstić information content (AvgIpc) is 3.43. The number of piperidine rings is 1. The lowest BCUT2D eigenvalue weighted by Gasteiger charge is -2.32. The first-order valence-electron chi connectivity index (χ1n) is 11.4. The Morgan fingerprint density at radius 1 is 1.19 bits per heavy atom. The molecule has 0 bridgehead atoms. The van der Waals surface area contributed by atoms with E-state index in [1.54, 1.807) is 23.0 Å². The normalized spacial score (nSPS) is 19.3. The van der Waals surface area contributed by atoms with E-state index in [0.29, 0.717) is 30.9 Å². The van der Waals surface area contributed by atoms with E-state index in [2.05, 4.69) is 10.4 Å². The van der Waals surface area contributed by atoms with Gasteiger partial charge in [-0.1, -0.05) is 12.1 Å². The number of hydrogen-bond acceptors (Lipinski definition) is 4. The molecule has 2 aromatic rings. The average molecular weight is 443 g/mol. The first-order valence-corrected chi connectivity index (χ1v) is 11.4. The number of nitrogens with one attached hydrogen (secondary N) is 1. The van der Waals surface area contributed by atoms with Crippen LogP contribution < -0.4 is 5.32 Å². The fourth-order valence-corrected chi connectivity index (χ4v) is 4.54. The van der Waals surface area contributed by atoms with Crippen molar-refractivity contribution in [1.29, 1.82) is 0 Å². The highest BCUT2D eigenvalue weighted by Crippen LogP contribution is 2.24. The van der Waals surface area contributed by atoms with Crippen molar-refractivity contribution < 1.29 is 18.7 Å². The minimum atomic E-state index is -0.297. The highest BCUT2D eigenvalue weighted by molar-refractivity contribution is 5.95. The van der Waals surface area contributed by atoms with Crippen molar-refractivity contribution in [2.24, 2.45) is 13.0 Å². The summed E-state index contributed by atoms with van der Waals surface area (Å²) in [4.78, 5) is 27.2. The number of likely N-dealkylation sites (tertiary alicyclic amines) is 1. The van der Waals surface area contributed by atoms with E-state index in [1.807, 2.05) is 11.9 Å². The fraction of sp³-hybridized carbons (Fsp3) is 0.542. The zero-order valence-electron chi connectivity index (χ0n) is 18.6. The maximum Gasteiger partial charge on any atom is 0.255 e. The predicted octanol–water partition coefficient (Wildman–Crippen LogP) is 2.84. The van der Waals surface area contributed by atoms with Crippen LogP contribution in [0.2, 0.25) is 0 Å². The summed E-state index contributed by atoms with van der Waals surface area (Å²) < 4.78 is 20.3. The van der Waals surface area contributed by atoms with Crippen LogP contribution in [-0.4, -0.2) is 52.3 Å². The first-order chi connectivity index (χ1) is 15.5. The van der Waals surface area contributed by atoms with Gasteiger partial charge in [0, 0.05) is 39.5 Å². The molecule has 0 spiro atoms. The number of nitrogens with zero attached hydrogens (tertiary/aromatic N) is 3. The topological polar surface area (TPSA) is 76.5 Å². The highest BCUT2D eigenvalue weighted by atomic mass is 19.1. The predicted molar refractivity (Wildman–Crippen MR) is 117 cm³/mol. The molecule has 1 aromatic carbocycles. The lowest BCUT2D eigenvalue weighted by Crippen LogP contribution is -2.40. The Morgan fingerprint density at radius 2 is 1.94 bits per heavy atom. The molecular formula is C24H31FN4O3. The SMILES string of the molecule is Cn1cc(C(=O)NCc2ccc(F)cc2)c(CC2CCN(C(=O)C[C@H]3CCCO3)CC2)n1. The lowest BCUT2D eigenvalue weighted by molar-refractivity contribution is -0.134. The van der Waals surface area contributed by atoms with Crippen LogP contribution in [0.25, 0.3) is 0 Å². The molecule has 8 heteroatoms. The van der Waals surface area contributed by atoms with E-state index in [0.717, 1.165) is 56.6 Å². The molecular weight excluding hydrogens is 411 g/mol. The van der Waals surface area contributed by atoms with E-state index < -0.39 is 0 Å². The largest absolute Gasteiger partial charge is 0.378 e. The van der Waals surface area contributed by atoms with Gasteiger partial charge < -0.3 is 15.0 Å². The number of rotatable bonds is 7. The van der Waals surface area contributed by atoms with Crippen LogP contribution in [0.3, 0.4) is 0 Å². The Balaban J connectivity index is 1.28. The van der Waals surface area contributed by atoms with Crippen LogP contribution >= 0.6 is 0 Å². The Bertz CT molecular complexity index is 929. The maximum atomic E-state index is 13.1. The zero-order valence-corrected chi connectivity index (χ0v) is 18.6. The number of carbonyl (C=O) groups excluding carboxylic acids is 2. The van der Waals surface area contributed by atoms with E-state index in [1.165, 1.54) is 12.1 Å². The van der Waals surface area contributed by atoms with Crippen molar-refractivity contribution in [1.82, 2.24) is 20.0 Å². The lowest BCUT2D eigenvalue weighted by atomic mass is 9.91. The summed E-state index contributed by atoms with van der Waals surface area (Å²) in [5.74, 6) is 0.102. The molecule has 2 aliphatic heterocycles. The summed E-state index contributed by atoms with van der Waals surface area (Å²) >= 11 is 0. The van der Waals surface area contributed by atoms with Gasteiger partial charge in [-0.2, -0.15) is 5.10 Å². The van der Waals surface area contributed by atoms with Gasteiger partial charge in [-0.15, -0.1) is 0 Å². The Hall–Kier alpha value is -2.74. The second-order valence-corrected chi connectivity index (χ2v) is 8.84. The third kappa shape index (κ3) is 5.73. The van der Waals surface area contributed by atoms with Crippen molar-refractivity contribution in [2.45, 2.75) is 51.2 Å². The van der Waals surface area contributed by atoms with Gasteiger partial charge in [-0.25, -0.2) is 4.39 Å². The standard InChI is InChI=1S/C24H31FN4O3/c1-28-16-21(24(31)26-15-18-4-6-19(25)7-5-18)22(27-28)13-17-8-10-29(11-9-17)23(30)14-20-3-2-12-32-20/h4-7,16-17,20H,2-3,8-15H2,1H3,(H,26,31)/t20-/m1/s1. The third-order valence-electron chi connectivity index (χ3n) is 6.39. The molecule has 0 saturated carbocycles. The number of carbonyl (C=O) groups is 2. The Labute approximate surface area is 187 Å². The number of benzene rings is 1. The molecule has 172 valence electrons. The summed E-state index contributed by atoms with van der Waals surface area (Å²) in [7, 11) is 1.81. The molecule has 4 rings (SSSR count). The van der Waals surface area contributed by atoms with Crippen molar-refractivity contribution in [2.75, 3.05) is 19.7 Å². The number of aromatic nitrogens is 2. The minimum absolute atomic E-state index is 0.0877. The zero-order chi connectivity index (χ0) is 22.5. The smallest absolute Gasteiger partial charge is 0.255 e. The summed E-state index contributed by atoms with van der Waals surface area (Å²) in [5.41, 5.74) is 2.20. The van der Waals surface area contributed by atoms with Crippen LogP contribution in [-0.2, 0) is 29.5 Å². The van der Waals surface area contributed by atoms with Gasteiger partial charge in [0.2, 0.25) is 5.91 Å². The van der Waals surface area contributed by atoms with Crippen LogP contribution in [0.1, 0.15) is 53.7 Å². The van der Waals surface area contributed by atoms with Crippen molar-refractivity contribution >= 4 is 11.8 Å². The van der Waals surface area contributed by atoms with Gasteiger partial charge >= 0.3 is 0 Å². The van der Waals surface area contributed by atoms with E-state index in [-0.39, 0.29) is 23.7 Å². The molecule has 2 amide bonds. The number of hydrogen-bond donors (Lipinski definition) is 1. The molecule has 0 aliphatic carbocycles. The second kappa shape index (κ2) is 10.3. The second-order valence-electron chi connectivity index (χ2n) is 8.84. The van der Waals surface area contributed by atoms with E-state index >= 15 is 0 Å². The number of aryl methyl sites for hydroxylation is 1. The number of amides is 2. The van der Waals surface area contributed by atoms with E-state index in [9.17, 15) is 14.0 Å². The van der Waals surface area contributed by atoms with Gasteiger partial charge in [-0.3, -0.25) is 14.3 Å². The van der Waals surface area contributed by atoms with Crippen molar-refractivity contribution in [3.05, 3.63) is 53.1 Å². The molecule has 3 heterocycles. The molecule has 1 N–H and O–H groups in total. The van der Waals surface area contributed by atoms with Crippen molar-refractivity contribution in [3.8, 4) is 0 Å². The Kier molecular flexibility index (Phi) is 7.19. The van der Waals surface area contributed by atoms with Gasteiger partial charge in [0.15, 0.2) is 0 Å². The molecule has 2 saturated heterocycles. The highest BCUT2D eigenvalue weighted by Gasteiger charge is 2.28. The van der Waals surface area contributed by atoms with Gasteiger partial charge in [-0.05, 0) is 55.7 Å². The summed E-state index contributed by atoms with van der Waals surface area (Å²) in [6.45, 7) is 2.59. The van der Waals surface area contributed by atoms with Crippen LogP contribution in [0.4, 0.5) is 4.39 Å². The summed E-state index contributed by atoms with van der Waals surface area (Å²) in [5, 5.41) is 7.43. The van der Waals surface area contributed by atoms with Gasteiger partial charge in [0.05, 0.1) is 23.8 Å². The molecule has 7 nitrogen and oxygen atoms in total. The molecule has 0 unspecified atom stereocenters. The first kappa shape index (κ1) is 22.5. The third-order valence-corrected chi connectivity index (χ3v) is 6.39. The quantitative estimate of drug-likeness (QED) is 0.716. The Morgan fingerprint density at radius 3 is 2.62 bits per heavy atom. The molecule has 2 aliphatic rings.